The standard InChI is InChI=1S/C15H28N2O3/c1-10-5-7-15(9-16,8-6-10)13(20)17-11(12(18)19)14(2,3)4/h10-11H,5-9,16H2,1-4H3,(H,17,20)(H,18,19)/t10?,11-,15?/m0/s1. The molecule has 0 bridgehead atoms. The molecule has 20 heavy (non-hydrogen) atoms. The van der Waals surface area contributed by atoms with Crippen LogP contribution >= 0.6 is 0 Å². The first kappa shape index (κ1) is 17.0. The molecule has 0 aromatic heterocycles. The lowest BCUT2D eigenvalue weighted by Gasteiger charge is -2.39. The van der Waals surface area contributed by atoms with E-state index in [1.54, 1.807) is 0 Å². The van der Waals surface area contributed by atoms with Crippen LogP contribution in [0.3, 0.4) is 0 Å². The summed E-state index contributed by atoms with van der Waals surface area (Å²) < 4.78 is 0. The van der Waals surface area contributed by atoms with Gasteiger partial charge in [-0.3, -0.25) is 4.79 Å². The zero-order chi connectivity index (χ0) is 15.6. The Bertz CT molecular complexity index is 366. The van der Waals surface area contributed by atoms with Crippen LogP contribution in [-0.4, -0.2) is 29.6 Å². The van der Waals surface area contributed by atoms with Crippen LogP contribution in [0.4, 0.5) is 0 Å². The quantitative estimate of drug-likeness (QED) is 0.733. The summed E-state index contributed by atoms with van der Waals surface area (Å²) in [5.74, 6) is -0.586. The predicted octanol–water partition coefficient (Wildman–Crippen LogP) is 1.76. The van der Waals surface area contributed by atoms with Crippen molar-refractivity contribution in [3.05, 3.63) is 0 Å². The molecule has 1 rings (SSSR count). The first-order valence-electron chi connectivity index (χ1n) is 7.36. The third kappa shape index (κ3) is 3.72. The van der Waals surface area contributed by atoms with Crippen LogP contribution < -0.4 is 11.1 Å². The molecule has 5 heteroatoms. The summed E-state index contributed by atoms with van der Waals surface area (Å²) in [6.07, 6.45) is 3.43. The van der Waals surface area contributed by atoms with E-state index < -0.39 is 22.8 Å². The van der Waals surface area contributed by atoms with Gasteiger partial charge in [-0.2, -0.15) is 0 Å². The number of rotatable bonds is 4. The number of hydrogen-bond donors (Lipinski definition) is 3. The van der Waals surface area contributed by atoms with Crippen molar-refractivity contribution in [3.8, 4) is 0 Å². The fraction of sp³-hybridized carbons (Fsp3) is 0.867. The molecule has 0 saturated heterocycles. The van der Waals surface area contributed by atoms with E-state index in [9.17, 15) is 14.7 Å². The second-order valence-corrected chi connectivity index (χ2v) is 7.28. The van der Waals surface area contributed by atoms with E-state index in [0.29, 0.717) is 5.92 Å². The third-order valence-electron chi connectivity index (χ3n) is 4.49. The third-order valence-corrected chi connectivity index (χ3v) is 4.49. The van der Waals surface area contributed by atoms with Crippen molar-refractivity contribution in [3.63, 3.8) is 0 Å². The van der Waals surface area contributed by atoms with E-state index in [0.717, 1.165) is 25.7 Å². The summed E-state index contributed by atoms with van der Waals surface area (Å²) in [4.78, 5) is 23.9. The average molecular weight is 284 g/mol. The maximum Gasteiger partial charge on any atom is 0.326 e. The topological polar surface area (TPSA) is 92.4 Å². The van der Waals surface area contributed by atoms with Gasteiger partial charge >= 0.3 is 5.97 Å². The zero-order valence-electron chi connectivity index (χ0n) is 13.0. The summed E-state index contributed by atoms with van der Waals surface area (Å²) >= 11 is 0. The number of carbonyl (C=O) groups is 2. The number of nitrogens with two attached hydrogens (primary N) is 1. The fourth-order valence-corrected chi connectivity index (χ4v) is 2.77. The van der Waals surface area contributed by atoms with E-state index in [1.165, 1.54) is 0 Å². The van der Waals surface area contributed by atoms with Crippen molar-refractivity contribution in [2.24, 2.45) is 22.5 Å². The molecule has 1 amide bonds. The molecule has 0 aromatic carbocycles. The number of aliphatic carboxylic acids is 1. The van der Waals surface area contributed by atoms with Gasteiger partial charge < -0.3 is 16.2 Å². The number of hydrogen-bond acceptors (Lipinski definition) is 3. The summed E-state index contributed by atoms with van der Waals surface area (Å²) in [6, 6.07) is -0.891. The highest BCUT2D eigenvalue weighted by atomic mass is 16.4. The average Bonchev–Trinajstić information content (AvgIpc) is 2.35. The Kier molecular flexibility index (Phi) is 5.19. The molecular formula is C15H28N2O3. The van der Waals surface area contributed by atoms with Gasteiger partial charge in [0, 0.05) is 6.54 Å². The molecule has 0 spiro atoms. The molecule has 1 fully saturated rings. The Balaban J connectivity index is 2.84. The fourth-order valence-electron chi connectivity index (χ4n) is 2.77. The first-order valence-corrected chi connectivity index (χ1v) is 7.36. The van der Waals surface area contributed by atoms with E-state index >= 15 is 0 Å². The van der Waals surface area contributed by atoms with Crippen LogP contribution in [0.1, 0.15) is 53.4 Å². The van der Waals surface area contributed by atoms with Gasteiger partial charge in [0.1, 0.15) is 6.04 Å². The Labute approximate surface area is 121 Å². The van der Waals surface area contributed by atoms with Gasteiger partial charge in [0.2, 0.25) is 5.91 Å². The van der Waals surface area contributed by atoms with E-state index in [4.69, 9.17) is 5.73 Å². The van der Waals surface area contributed by atoms with E-state index in [2.05, 4.69) is 12.2 Å². The zero-order valence-corrected chi connectivity index (χ0v) is 13.0. The number of amides is 1. The highest BCUT2D eigenvalue weighted by molar-refractivity contribution is 5.88. The van der Waals surface area contributed by atoms with Crippen molar-refractivity contribution in [2.75, 3.05) is 6.54 Å². The van der Waals surface area contributed by atoms with Crippen LogP contribution in [0.25, 0.3) is 0 Å². The SMILES string of the molecule is CC1CCC(CN)(C(=O)N[C@@H](C(=O)O)C(C)(C)C)CC1. The summed E-state index contributed by atoms with van der Waals surface area (Å²) in [5.41, 5.74) is 4.72. The monoisotopic (exact) mass is 284 g/mol. The molecule has 5 nitrogen and oxygen atoms in total. The molecule has 116 valence electrons. The van der Waals surface area contributed by atoms with E-state index in [1.807, 2.05) is 20.8 Å². The number of carbonyl (C=O) groups excluding carboxylic acids is 1. The minimum Gasteiger partial charge on any atom is -0.480 e. The second kappa shape index (κ2) is 6.12. The van der Waals surface area contributed by atoms with Crippen molar-refractivity contribution >= 4 is 11.9 Å². The molecule has 0 aromatic rings. The predicted molar refractivity (Wildman–Crippen MR) is 78.1 cm³/mol. The van der Waals surface area contributed by atoms with E-state index in [-0.39, 0.29) is 12.5 Å². The van der Waals surface area contributed by atoms with Gasteiger partial charge in [-0.1, -0.05) is 27.7 Å². The minimum atomic E-state index is -0.998. The summed E-state index contributed by atoms with van der Waals surface area (Å²) in [6.45, 7) is 7.88. The highest BCUT2D eigenvalue weighted by Crippen LogP contribution is 2.38. The van der Waals surface area contributed by atoms with Crippen molar-refractivity contribution < 1.29 is 14.7 Å². The lowest BCUT2D eigenvalue weighted by molar-refractivity contribution is -0.147. The van der Waals surface area contributed by atoms with Gasteiger partial charge in [-0.15, -0.1) is 0 Å². The maximum absolute atomic E-state index is 12.6. The Morgan fingerprint density at radius 1 is 1.35 bits per heavy atom. The minimum absolute atomic E-state index is 0.200. The normalized spacial score (nSPS) is 28.8. The van der Waals surface area contributed by atoms with Crippen LogP contribution in [0.2, 0.25) is 0 Å². The molecule has 0 unspecified atom stereocenters. The lowest BCUT2D eigenvalue weighted by Crippen LogP contribution is -2.56. The molecule has 1 atom stereocenters. The summed E-state index contributed by atoms with van der Waals surface area (Å²) in [5, 5.41) is 12.0. The van der Waals surface area contributed by atoms with Crippen molar-refractivity contribution in [1.82, 2.24) is 5.32 Å². The number of carboxylic acids is 1. The largest absolute Gasteiger partial charge is 0.480 e. The molecule has 1 aliphatic carbocycles. The molecule has 0 aliphatic heterocycles. The Morgan fingerprint density at radius 2 is 1.85 bits per heavy atom. The van der Waals surface area contributed by atoms with Crippen molar-refractivity contribution in [2.45, 2.75) is 59.4 Å². The number of nitrogens with one attached hydrogen (secondary N) is 1. The van der Waals surface area contributed by atoms with Crippen LogP contribution in [0.15, 0.2) is 0 Å². The van der Waals surface area contributed by atoms with Crippen LogP contribution in [0.5, 0.6) is 0 Å². The van der Waals surface area contributed by atoms with Crippen LogP contribution in [0, 0.1) is 16.7 Å². The van der Waals surface area contributed by atoms with Gasteiger partial charge in [0.25, 0.3) is 0 Å². The smallest absolute Gasteiger partial charge is 0.326 e. The summed E-state index contributed by atoms with van der Waals surface area (Å²) in [7, 11) is 0. The molecule has 1 aliphatic rings. The molecular weight excluding hydrogens is 256 g/mol. The Hall–Kier alpha value is -1.10. The second-order valence-electron chi connectivity index (χ2n) is 7.28. The first-order chi connectivity index (χ1) is 9.12. The molecule has 0 heterocycles. The van der Waals surface area contributed by atoms with Gasteiger partial charge in [-0.25, -0.2) is 4.79 Å². The molecule has 4 N–H and O–H groups in total. The maximum atomic E-state index is 12.6. The van der Waals surface area contributed by atoms with Gasteiger partial charge in [-0.05, 0) is 37.0 Å². The highest BCUT2D eigenvalue weighted by Gasteiger charge is 2.43. The Morgan fingerprint density at radius 3 is 2.20 bits per heavy atom. The lowest BCUT2D eigenvalue weighted by atomic mass is 9.70. The van der Waals surface area contributed by atoms with Gasteiger partial charge in [0.15, 0.2) is 0 Å². The van der Waals surface area contributed by atoms with Crippen molar-refractivity contribution in [1.29, 1.82) is 0 Å². The van der Waals surface area contributed by atoms with Gasteiger partial charge in [0.05, 0.1) is 5.41 Å². The molecule has 0 radical (unpaired) electrons. The molecule has 1 saturated carbocycles. The number of carboxylic acid groups (broad SMARTS) is 1. The van der Waals surface area contributed by atoms with Crippen LogP contribution in [-0.2, 0) is 9.59 Å².